The topological polar surface area (TPSA) is 26.3 Å². The standard InChI is InChI=1S/C38H60O2/c1-3-5-7-9-11-13-15-17-19-21-22-24-26-28-30-32-34-36-38(39)40-37-35-33-31-29-27-25-23-20-18-16-14-12-10-8-6-4-2/h5,7,11-14,17-20,22,24-25,27-28,30H,3-4,6,8-10,15-16,21,23,26,29,31-37H2,1-2H3. The Balaban J connectivity index is 3.49. The second kappa shape index (κ2) is 34.4. The summed E-state index contributed by atoms with van der Waals surface area (Å²) in [6, 6.07) is 0. The molecule has 0 heterocycles. The van der Waals surface area contributed by atoms with Crippen LogP contribution in [0.2, 0.25) is 0 Å². The van der Waals surface area contributed by atoms with Crippen molar-refractivity contribution in [2.45, 2.75) is 129 Å². The minimum absolute atomic E-state index is 0.0603. The summed E-state index contributed by atoms with van der Waals surface area (Å²) in [6.45, 7) is 4.96. The van der Waals surface area contributed by atoms with Crippen LogP contribution < -0.4 is 0 Å². The summed E-state index contributed by atoms with van der Waals surface area (Å²) in [5, 5.41) is 0. The highest BCUT2D eigenvalue weighted by Crippen LogP contribution is 2.05. The highest BCUT2D eigenvalue weighted by molar-refractivity contribution is 5.69. The summed E-state index contributed by atoms with van der Waals surface area (Å²) in [5.41, 5.74) is 0. The van der Waals surface area contributed by atoms with E-state index in [1.165, 1.54) is 25.7 Å². The highest BCUT2D eigenvalue weighted by Gasteiger charge is 2.01. The SMILES string of the molecule is CCC=CCC=CCC=CCC=CCC=CCCCC(=O)OCCCCCC=CCC=CCC=CCCCCC. The molecule has 0 aliphatic carbocycles. The van der Waals surface area contributed by atoms with Gasteiger partial charge in [-0.3, -0.25) is 4.79 Å². The number of hydrogen-bond acceptors (Lipinski definition) is 2. The molecule has 0 aromatic rings. The van der Waals surface area contributed by atoms with Crippen molar-refractivity contribution >= 4 is 5.97 Å². The second-order valence-electron chi connectivity index (χ2n) is 10.1. The average molecular weight is 549 g/mol. The number of esters is 1. The number of rotatable bonds is 27. The first-order chi connectivity index (χ1) is 19.8. The van der Waals surface area contributed by atoms with Gasteiger partial charge in [0.05, 0.1) is 6.61 Å². The normalized spacial score (nSPS) is 12.9. The zero-order valence-corrected chi connectivity index (χ0v) is 26.0. The summed E-state index contributed by atoms with van der Waals surface area (Å²) >= 11 is 0. The number of allylic oxidation sites excluding steroid dienone is 16. The third kappa shape index (κ3) is 33.4. The quantitative estimate of drug-likeness (QED) is 0.0579. The van der Waals surface area contributed by atoms with Crippen molar-refractivity contribution in [2.75, 3.05) is 6.61 Å². The number of ether oxygens (including phenoxy) is 1. The van der Waals surface area contributed by atoms with E-state index in [1.54, 1.807) is 0 Å². The van der Waals surface area contributed by atoms with Crippen molar-refractivity contribution in [3.8, 4) is 0 Å². The molecule has 224 valence electrons. The van der Waals surface area contributed by atoms with Gasteiger partial charge < -0.3 is 4.74 Å². The first-order valence-corrected chi connectivity index (χ1v) is 16.2. The Hall–Kier alpha value is -2.61. The van der Waals surface area contributed by atoms with Crippen LogP contribution in [0.15, 0.2) is 97.2 Å². The fourth-order valence-electron chi connectivity index (χ4n) is 3.82. The van der Waals surface area contributed by atoms with E-state index in [9.17, 15) is 4.79 Å². The van der Waals surface area contributed by atoms with Crippen LogP contribution in [-0.4, -0.2) is 12.6 Å². The molecular formula is C38H60O2. The molecule has 0 aromatic heterocycles. The number of hydrogen-bond donors (Lipinski definition) is 0. The van der Waals surface area contributed by atoms with Crippen LogP contribution in [0, 0.1) is 0 Å². The van der Waals surface area contributed by atoms with E-state index in [0.717, 1.165) is 83.5 Å². The molecule has 0 spiro atoms. The van der Waals surface area contributed by atoms with Crippen LogP contribution in [0.5, 0.6) is 0 Å². The molecule has 0 amide bonds. The Morgan fingerprint density at radius 3 is 1.30 bits per heavy atom. The van der Waals surface area contributed by atoms with Gasteiger partial charge in [-0.1, -0.05) is 124 Å². The van der Waals surface area contributed by atoms with E-state index in [4.69, 9.17) is 4.74 Å². The lowest BCUT2D eigenvalue weighted by atomic mass is 10.2. The van der Waals surface area contributed by atoms with Gasteiger partial charge in [0.2, 0.25) is 0 Å². The fourth-order valence-corrected chi connectivity index (χ4v) is 3.82. The van der Waals surface area contributed by atoms with Gasteiger partial charge in [0, 0.05) is 6.42 Å². The first-order valence-electron chi connectivity index (χ1n) is 16.2. The van der Waals surface area contributed by atoms with E-state index in [2.05, 4.69) is 111 Å². The smallest absolute Gasteiger partial charge is 0.305 e. The largest absolute Gasteiger partial charge is 0.466 e. The van der Waals surface area contributed by atoms with Crippen molar-refractivity contribution in [1.29, 1.82) is 0 Å². The molecule has 2 heteroatoms. The van der Waals surface area contributed by atoms with Crippen LogP contribution in [0.1, 0.15) is 129 Å². The van der Waals surface area contributed by atoms with Crippen LogP contribution in [0.25, 0.3) is 0 Å². The molecule has 0 aliphatic heterocycles. The third-order valence-corrected chi connectivity index (χ3v) is 6.21. The second-order valence-corrected chi connectivity index (χ2v) is 10.1. The van der Waals surface area contributed by atoms with Crippen LogP contribution >= 0.6 is 0 Å². The molecule has 0 aromatic carbocycles. The van der Waals surface area contributed by atoms with Gasteiger partial charge in [0.1, 0.15) is 0 Å². The average Bonchev–Trinajstić information content (AvgIpc) is 2.96. The lowest BCUT2D eigenvalue weighted by molar-refractivity contribution is -0.143. The molecule has 0 saturated carbocycles. The Morgan fingerprint density at radius 1 is 0.450 bits per heavy atom. The molecule has 0 fully saturated rings. The van der Waals surface area contributed by atoms with Crippen LogP contribution in [0.3, 0.4) is 0 Å². The van der Waals surface area contributed by atoms with Crippen molar-refractivity contribution in [1.82, 2.24) is 0 Å². The Kier molecular flexibility index (Phi) is 32.2. The van der Waals surface area contributed by atoms with E-state index in [1.807, 2.05) is 0 Å². The summed E-state index contributed by atoms with van der Waals surface area (Å²) in [4.78, 5) is 11.9. The minimum atomic E-state index is -0.0603. The van der Waals surface area contributed by atoms with Gasteiger partial charge in [-0.2, -0.15) is 0 Å². The van der Waals surface area contributed by atoms with Gasteiger partial charge >= 0.3 is 5.97 Å². The molecule has 0 rings (SSSR count). The number of unbranched alkanes of at least 4 members (excludes halogenated alkanes) is 7. The van der Waals surface area contributed by atoms with E-state index in [0.29, 0.717) is 13.0 Å². The minimum Gasteiger partial charge on any atom is -0.466 e. The Labute approximate surface area is 248 Å². The van der Waals surface area contributed by atoms with Crippen molar-refractivity contribution < 1.29 is 9.53 Å². The third-order valence-electron chi connectivity index (χ3n) is 6.21. The summed E-state index contributed by atoms with van der Waals surface area (Å²) < 4.78 is 5.37. The predicted molar refractivity (Wildman–Crippen MR) is 179 cm³/mol. The van der Waals surface area contributed by atoms with E-state index in [-0.39, 0.29) is 5.97 Å². The van der Waals surface area contributed by atoms with Crippen molar-refractivity contribution in [3.05, 3.63) is 97.2 Å². The maximum absolute atomic E-state index is 11.9. The van der Waals surface area contributed by atoms with E-state index < -0.39 is 0 Å². The van der Waals surface area contributed by atoms with Gasteiger partial charge in [-0.25, -0.2) is 0 Å². The zero-order chi connectivity index (χ0) is 29.0. The van der Waals surface area contributed by atoms with Crippen LogP contribution in [0.4, 0.5) is 0 Å². The molecule has 0 saturated heterocycles. The molecule has 40 heavy (non-hydrogen) atoms. The molecular weight excluding hydrogens is 488 g/mol. The Bertz CT molecular complexity index is 773. The van der Waals surface area contributed by atoms with Gasteiger partial charge in [0.15, 0.2) is 0 Å². The van der Waals surface area contributed by atoms with Crippen LogP contribution in [-0.2, 0) is 9.53 Å². The van der Waals surface area contributed by atoms with Gasteiger partial charge in [-0.05, 0) is 96.3 Å². The zero-order valence-electron chi connectivity index (χ0n) is 26.0. The van der Waals surface area contributed by atoms with Crippen molar-refractivity contribution in [2.24, 2.45) is 0 Å². The monoisotopic (exact) mass is 548 g/mol. The van der Waals surface area contributed by atoms with Gasteiger partial charge in [0.25, 0.3) is 0 Å². The fraction of sp³-hybridized carbons (Fsp3) is 0.553. The lowest BCUT2D eigenvalue weighted by Gasteiger charge is -2.03. The molecule has 0 N–H and O–H groups in total. The molecule has 2 nitrogen and oxygen atoms in total. The first kappa shape index (κ1) is 37.4. The summed E-state index contributed by atoms with van der Waals surface area (Å²) in [6.07, 6.45) is 54.5. The maximum Gasteiger partial charge on any atom is 0.305 e. The number of carbonyl (C=O) groups is 1. The summed E-state index contributed by atoms with van der Waals surface area (Å²) in [5.74, 6) is -0.0603. The molecule has 0 aliphatic rings. The Morgan fingerprint density at radius 2 is 0.850 bits per heavy atom. The summed E-state index contributed by atoms with van der Waals surface area (Å²) in [7, 11) is 0. The lowest BCUT2D eigenvalue weighted by Crippen LogP contribution is -2.05. The van der Waals surface area contributed by atoms with Gasteiger partial charge in [-0.15, -0.1) is 0 Å². The molecule has 0 bridgehead atoms. The van der Waals surface area contributed by atoms with E-state index >= 15 is 0 Å². The molecule has 0 radical (unpaired) electrons. The predicted octanol–water partition coefficient (Wildman–Crippen LogP) is 12.0. The maximum atomic E-state index is 11.9. The number of carbonyl (C=O) groups excluding carboxylic acids is 1. The van der Waals surface area contributed by atoms with Crippen molar-refractivity contribution in [3.63, 3.8) is 0 Å². The molecule has 0 atom stereocenters. The molecule has 0 unspecified atom stereocenters. The highest BCUT2D eigenvalue weighted by atomic mass is 16.5.